The summed E-state index contributed by atoms with van der Waals surface area (Å²) in [6.07, 6.45) is 1.27. The van der Waals surface area contributed by atoms with E-state index in [1.165, 1.54) is 11.1 Å². The zero-order valence-electron chi connectivity index (χ0n) is 11.1. The molecule has 0 aliphatic carbocycles. The van der Waals surface area contributed by atoms with E-state index in [0.717, 1.165) is 15.8 Å². The van der Waals surface area contributed by atoms with Crippen LogP contribution in [0.3, 0.4) is 0 Å². The first kappa shape index (κ1) is 16.8. The Hall–Kier alpha value is -0.610. The van der Waals surface area contributed by atoms with Gasteiger partial charge in [-0.1, -0.05) is 34.2 Å². The fraction of sp³-hybridized carbons (Fsp3) is 0.250. The Balaban J connectivity index is 1.88. The van der Waals surface area contributed by atoms with Gasteiger partial charge in [-0.25, -0.2) is 18.5 Å². The molecule has 0 fully saturated rings. The Bertz CT molecular complexity index is 701. The second-order valence-corrected chi connectivity index (χ2v) is 9.54. The molecule has 1 unspecified atom stereocenters. The van der Waals surface area contributed by atoms with Gasteiger partial charge in [0.15, 0.2) is 9.34 Å². The van der Waals surface area contributed by atoms with E-state index >= 15 is 0 Å². The van der Waals surface area contributed by atoms with Crippen molar-refractivity contribution in [3.8, 4) is 0 Å². The molecule has 2 rings (SSSR count). The van der Waals surface area contributed by atoms with E-state index in [0.29, 0.717) is 16.9 Å². The van der Waals surface area contributed by atoms with Crippen molar-refractivity contribution in [2.75, 3.05) is 11.9 Å². The Labute approximate surface area is 140 Å². The van der Waals surface area contributed by atoms with Gasteiger partial charge in [0.2, 0.25) is 10.0 Å². The number of benzene rings is 1. The van der Waals surface area contributed by atoms with Crippen molar-refractivity contribution >= 4 is 54.2 Å². The third-order valence-electron chi connectivity index (χ3n) is 2.46. The van der Waals surface area contributed by atoms with E-state index in [1.54, 1.807) is 11.8 Å². The van der Waals surface area contributed by atoms with Crippen LogP contribution in [0.2, 0.25) is 0 Å². The van der Waals surface area contributed by atoms with Gasteiger partial charge in [0.1, 0.15) is 0 Å². The fourth-order valence-electron chi connectivity index (χ4n) is 1.49. The van der Waals surface area contributed by atoms with Gasteiger partial charge in [-0.2, -0.15) is 0 Å². The first-order valence-electron chi connectivity index (χ1n) is 5.99. The standard InChI is InChI=1S/C12H14BrN3O2S3/c1-8(19-10-4-2-9(13)3-5-10)6-15-12-16-7-11(20-12)21(14,17)18/h2-5,7-8H,6H2,1H3,(H,15,16)(H2,14,17,18). The zero-order valence-corrected chi connectivity index (χ0v) is 15.2. The Morgan fingerprint density at radius 2 is 2.10 bits per heavy atom. The van der Waals surface area contributed by atoms with Gasteiger partial charge < -0.3 is 5.32 Å². The van der Waals surface area contributed by atoms with E-state index in [2.05, 4.69) is 33.2 Å². The molecule has 0 amide bonds. The number of rotatable bonds is 6. The summed E-state index contributed by atoms with van der Waals surface area (Å²) in [6, 6.07) is 8.10. The third kappa shape index (κ3) is 5.26. The van der Waals surface area contributed by atoms with E-state index in [4.69, 9.17) is 5.14 Å². The van der Waals surface area contributed by atoms with Gasteiger partial charge in [0, 0.05) is 21.2 Å². The van der Waals surface area contributed by atoms with E-state index in [9.17, 15) is 8.42 Å². The zero-order chi connectivity index (χ0) is 15.5. The van der Waals surface area contributed by atoms with Crippen LogP contribution in [0.15, 0.2) is 44.0 Å². The van der Waals surface area contributed by atoms with Crippen LogP contribution in [0, 0.1) is 0 Å². The molecule has 9 heteroatoms. The monoisotopic (exact) mass is 407 g/mol. The highest BCUT2D eigenvalue weighted by Crippen LogP contribution is 2.26. The molecule has 0 aliphatic heterocycles. The van der Waals surface area contributed by atoms with Crippen LogP contribution in [0.5, 0.6) is 0 Å². The largest absolute Gasteiger partial charge is 0.360 e. The second kappa shape index (κ2) is 7.10. The number of hydrogen-bond acceptors (Lipinski definition) is 6. The molecule has 1 atom stereocenters. The summed E-state index contributed by atoms with van der Waals surface area (Å²) < 4.78 is 23.5. The number of aromatic nitrogens is 1. The summed E-state index contributed by atoms with van der Waals surface area (Å²) in [5.74, 6) is 0. The highest BCUT2D eigenvalue weighted by Gasteiger charge is 2.13. The van der Waals surface area contributed by atoms with Crippen molar-refractivity contribution in [2.45, 2.75) is 21.3 Å². The maximum atomic E-state index is 11.2. The lowest BCUT2D eigenvalue weighted by Gasteiger charge is -2.11. The Kier molecular flexibility index (Phi) is 5.67. The molecule has 0 spiro atoms. The number of nitrogens with two attached hydrogens (primary N) is 1. The minimum atomic E-state index is -3.67. The van der Waals surface area contributed by atoms with Crippen LogP contribution in [0.25, 0.3) is 0 Å². The van der Waals surface area contributed by atoms with Crippen LogP contribution >= 0.6 is 39.0 Å². The maximum absolute atomic E-state index is 11.2. The van der Waals surface area contributed by atoms with Crippen LogP contribution < -0.4 is 10.5 Å². The lowest BCUT2D eigenvalue weighted by atomic mass is 10.4. The van der Waals surface area contributed by atoms with E-state index in [1.807, 2.05) is 24.3 Å². The summed E-state index contributed by atoms with van der Waals surface area (Å²) in [7, 11) is -3.67. The van der Waals surface area contributed by atoms with Crippen molar-refractivity contribution in [1.82, 2.24) is 4.98 Å². The smallest absolute Gasteiger partial charge is 0.249 e. The van der Waals surface area contributed by atoms with Crippen molar-refractivity contribution in [2.24, 2.45) is 5.14 Å². The molecule has 114 valence electrons. The van der Waals surface area contributed by atoms with Gasteiger partial charge in [-0.15, -0.1) is 11.8 Å². The number of nitrogens with zero attached hydrogens (tertiary/aromatic N) is 1. The van der Waals surface area contributed by atoms with Gasteiger partial charge in [-0.05, 0) is 24.3 Å². The molecular weight excluding hydrogens is 394 g/mol. The molecule has 0 saturated carbocycles. The topological polar surface area (TPSA) is 85.1 Å². The average Bonchev–Trinajstić information content (AvgIpc) is 2.88. The Morgan fingerprint density at radius 1 is 1.43 bits per heavy atom. The molecule has 0 aliphatic rings. The summed E-state index contributed by atoms with van der Waals surface area (Å²) in [4.78, 5) is 5.18. The first-order chi connectivity index (χ1) is 9.84. The van der Waals surface area contributed by atoms with Crippen molar-refractivity contribution in [3.63, 3.8) is 0 Å². The summed E-state index contributed by atoms with van der Waals surface area (Å²) in [5.41, 5.74) is 0. The molecule has 1 aromatic heterocycles. The van der Waals surface area contributed by atoms with E-state index < -0.39 is 10.0 Å². The lowest BCUT2D eigenvalue weighted by molar-refractivity contribution is 0.599. The number of nitrogens with one attached hydrogen (secondary N) is 1. The van der Waals surface area contributed by atoms with Gasteiger partial charge >= 0.3 is 0 Å². The number of thioether (sulfide) groups is 1. The predicted molar refractivity (Wildman–Crippen MR) is 91.4 cm³/mol. The SMILES string of the molecule is CC(CNc1ncc(S(N)(=O)=O)s1)Sc1ccc(Br)cc1. The number of sulfonamides is 1. The summed E-state index contributed by atoms with van der Waals surface area (Å²) in [6.45, 7) is 2.77. The number of hydrogen-bond donors (Lipinski definition) is 2. The minimum absolute atomic E-state index is 0.0678. The second-order valence-electron chi connectivity index (χ2n) is 4.29. The van der Waals surface area contributed by atoms with Crippen LogP contribution in [0.1, 0.15) is 6.92 Å². The van der Waals surface area contributed by atoms with Gasteiger partial charge in [0.25, 0.3) is 0 Å². The predicted octanol–water partition coefficient (Wildman–Crippen LogP) is 3.15. The fourth-order valence-corrected chi connectivity index (χ4v) is 4.14. The van der Waals surface area contributed by atoms with Crippen molar-refractivity contribution < 1.29 is 8.42 Å². The third-order valence-corrected chi connectivity index (χ3v) is 6.46. The number of anilines is 1. The van der Waals surface area contributed by atoms with Crippen LogP contribution in [-0.4, -0.2) is 25.2 Å². The normalized spacial score (nSPS) is 13.1. The number of thiazole rings is 1. The van der Waals surface area contributed by atoms with Gasteiger partial charge in [0.05, 0.1) is 6.20 Å². The molecule has 2 aromatic rings. The minimum Gasteiger partial charge on any atom is -0.360 e. The number of halogens is 1. The molecule has 0 saturated heterocycles. The molecule has 0 radical (unpaired) electrons. The molecule has 0 bridgehead atoms. The summed E-state index contributed by atoms with van der Waals surface area (Å²) in [5, 5.41) is 9.04. The lowest BCUT2D eigenvalue weighted by Crippen LogP contribution is -2.12. The van der Waals surface area contributed by atoms with Crippen LogP contribution in [-0.2, 0) is 10.0 Å². The average molecular weight is 408 g/mol. The molecule has 5 nitrogen and oxygen atoms in total. The van der Waals surface area contributed by atoms with Gasteiger partial charge in [-0.3, -0.25) is 0 Å². The molecule has 21 heavy (non-hydrogen) atoms. The Morgan fingerprint density at radius 3 is 2.67 bits per heavy atom. The van der Waals surface area contributed by atoms with Crippen molar-refractivity contribution in [1.29, 1.82) is 0 Å². The van der Waals surface area contributed by atoms with Crippen molar-refractivity contribution in [3.05, 3.63) is 34.9 Å². The molecular formula is C12H14BrN3O2S3. The first-order valence-corrected chi connectivity index (χ1v) is 10.0. The van der Waals surface area contributed by atoms with E-state index in [-0.39, 0.29) is 4.21 Å². The quantitative estimate of drug-likeness (QED) is 0.718. The molecule has 3 N–H and O–H groups in total. The highest BCUT2D eigenvalue weighted by molar-refractivity contribution is 9.10. The molecule has 1 aromatic carbocycles. The highest BCUT2D eigenvalue weighted by atomic mass is 79.9. The number of primary sulfonamides is 1. The summed E-state index contributed by atoms with van der Waals surface area (Å²) >= 11 is 6.18. The molecule has 1 heterocycles. The van der Waals surface area contributed by atoms with Crippen LogP contribution in [0.4, 0.5) is 5.13 Å². The maximum Gasteiger partial charge on any atom is 0.249 e.